The highest BCUT2D eigenvalue weighted by Gasteiger charge is 2.69. The lowest BCUT2D eigenvalue weighted by atomic mass is 9.60. The van der Waals surface area contributed by atoms with Gasteiger partial charge in [0.25, 0.3) is 0 Å². The second-order valence-corrected chi connectivity index (χ2v) is 14.3. The summed E-state index contributed by atoms with van der Waals surface area (Å²) in [7, 11) is 1.46. The number of rotatable bonds is 5. The van der Waals surface area contributed by atoms with Crippen LogP contribution in [-0.4, -0.2) is 41.6 Å². The van der Waals surface area contributed by atoms with E-state index >= 15 is 0 Å². The number of hydrogen-bond acceptors (Lipinski definition) is 4. The third-order valence-corrected chi connectivity index (χ3v) is 10.4. The van der Waals surface area contributed by atoms with E-state index in [1.807, 2.05) is 4.90 Å². The summed E-state index contributed by atoms with van der Waals surface area (Å²) in [6.07, 6.45) is 7.48. The predicted molar refractivity (Wildman–Crippen MR) is 145 cm³/mol. The van der Waals surface area contributed by atoms with Gasteiger partial charge in [0.1, 0.15) is 0 Å². The van der Waals surface area contributed by atoms with E-state index in [-0.39, 0.29) is 34.3 Å². The number of halogens is 1. The van der Waals surface area contributed by atoms with E-state index in [0.29, 0.717) is 25.9 Å². The zero-order valence-electron chi connectivity index (χ0n) is 23.5. The number of nitrogens with zero attached hydrogens (tertiary/aromatic N) is 1. The van der Waals surface area contributed by atoms with Crippen molar-refractivity contribution in [2.75, 3.05) is 13.7 Å². The number of amides is 1. The fraction of sp³-hybridized carbons (Fsp3) is 0.677. The van der Waals surface area contributed by atoms with Crippen molar-refractivity contribution in [1.29, 1.82) is 0 Å². The lowest BCUT2D eigenvalue weighted by Crippen LogP contribution is -2.62. The number of esters is 1. The SMILES string of the molecule is COC(=O)C12CCC(N3C=C4C(C)C(C)(C)OC[C@@]4(c4ccc(CCC(C)(C)C)c(Cl)c4)CC3=O)(C1)C2. The van der Waals surface area contributed by atoms with Crippen LogP contribution in [0.15, 0.2) is 30.0 Å². The Morgan fingerprint density at radius 2 is 1.92 bits per heavy atom. The van der Waals surface area contributed by atoms with Crippen molar-refractivity contribution in [2.24, 2.45) is 16.7 Å². The maximum absolute atomic E-state index is 13.9. The Kier molecular flexibility index (Phi) is 6.20. The lowest BCUT2D eigenvalue weighted by molar-refractivity contribution is -0.166. The van der Waals surface area contributed by atoms with Crippen molar-refractivity contribution in [1.82, 2.24) is 4.90 Å². The number of ether oxygens (including phenoxy) is 2. The van der Waals surface area contributed by atoms with E-state index in [1.54, 1.807) is 0 Å². The Balaban J connectivity index is 1.52. The molecule has 2 atom stereocenters. The van der Waals surface area contributed by atoms with Crippen molar-refractivity contribution in [2.45, 2.75) is 103 Å². The normalized spacial score (nSPS) is 34.5. The maximum Gasteiger partial charge on any atom is 0.311 e. The Labute approximate surface area is 226 Å². The molecule has 0 radical (unpaired) electrons. The van der Waals surface area contributed by atoms with Gasteiger partial charge in [-0.05, 0) is 80.6 Å². The van der Waals surface area contributed by atoms with E-state index in [2.05, 4.69) is 65.9 Å². The molecule has 0 aromatic heterocycles. The molecule has 1 amide bonds. The molecule has 1 saturated heterocycles. The van der Waals surface area contributed by atoms with Gasteiger partial charge < -0.3 is 14.4 Å². The minimum absolute atomic E-state index is 0.104. The second kappa shape index (κ2) is 8.58. The van der Waals surface area contributed by atoms with Crippen molar-refractivity contribution >= 4 is 23.5 Å². The van der Waals surface area contributed by atoms with Crippen molar-refractivity contribution in [3.63, 3.8) is 0 Å². The van der Waals surface area contributed by atoms with Crippen LogP contribution in [-0.2, 0) is 30.9 Å². The molecule has 4 fully saturated rings. The number of hydrogen-bond donors (Lipinski definition) is 0. The highest BCUT2D eigenvalue weighted by atomic mass is 35.5. The summed E-state index contributed by atoms with van der Waals surface area (Å²) in [6, 6.07) is 6.38. The van der Waals surface area contributed by atoms with Crippen molar-refractivity contribution < 1.29 is 19.1 Å². The lowest BCUT2D eigenvalue weighted by Gasteiger charge is -2.57. The molecule has 1 aromatic carbocycles. The van der Waals surface area contributed by atoms with Crippen LogP contribution in [0, 0.1) is 16.7 Å². The Morgan fingerprint density at radius 3 is 2.54 bits per heavy atom. The molecule has 2 aliphatic heterocycles. The summed E-state index contributed by atoms with van der Waals surface area (Å²) < 4.78 is 11.6. The summed E-state index contributed by atoms with van der Waals surface area (Å²) >= 11 is 6.85. The van der Waals surface area contributed by atoms with Gasteiger partial charge in [0, 0.05) is 29.1 Å². The maximum atomic E-state index is 13.9. The number of benzene rings is 1. The average Bonchev–Trinajstić information content (AvgIpc) is 3.38. The van der Waals surface area contributed by atoms with E-state index in [0.717, 1.165) is 41.8 Å². The molecule has 37 heavy (non-hydrogen) atoms. The molecule has 1 unspecified atom stereocenters. The zero-order chi connectivity index (χ0) is 27.0. The molecule has 2 heterocycles. The molecule has 6 rings (SSSR count). The number of carbonyl (C=O) groups is 2. The number of carbonyl (C=O) groups excluding carboxylic acids is 2. The highest BCUT2D eigenvalue weighted by Crippen LogP contribution is 2.66. The molecule has 0 spiro atoms. The minimum atomic E-state index is -0.535. The molecule has 1 aromatic rings. The van der Waals surface area contributed by atoms with Gasteiger partial charge in [-0.15, -0.1) is 0 Å². The largest absolute Gasteiger partial charge is 0.469 e. The van der Waals surface area contributed by atoms with Gasteiger partial charge in [0.2, 0.25) is 5.91 Å². The van der Waals surface area contributed by atoms with Crippen LogP contribution in [0.1, 0.15) is 91.2 Å². The molecule has 5 nitrogen and oxygen atoms in total. The van der Waals surface area contributed by atoms with E-state index in [9.17, 15) is 9.59 Å². The molecule has 6 heteroatoms. The summed E-state index contributed by atoms with van der Waals surface area (Å²) in [5, 5.41) is 0.763. The van der Waals surface area contributed by atoms with Gasteiger partial charge in [0.05, 0.1) is 30.1 Å². The second-order valence-electron chi connectivity index (χ2n) is 13.9. The van der Waals surface area contributed by atoms with Crippen LogP contribution in [0.25, 0.3) is 0 Å². The quantitative estimate of drug-likeness (QED) is 0.404. The molecular weight excluding hydrogens is 486 g/mol. The van der Waals surface area contributed by atoms with Gasteiger partial charge in [0.15, 0.2) is 0 Å². The zero-order valence-corrected chi connectivity index (χ0v) is 24.3. The van der Waals surface area contributed by atoms with Crippen molar-refractivity contribution in [3.8, 4) is 0 Å². The predicted octanol–water partition coefficient (Wildman–Crippen LogP) is 6.60. The topological polar surface area (TPSA) is 55.8 Å². The molecule has 3 aliphatic carbocycles. The van der Waals surface area contributed by atoms with Gasteiger partial charge >= 0.3 is 5.97 Å². The molecule has 202 valence electrons. The van der Waals surface area contributed by atoms with Crippen LogP contribution in [0.5, 0.6) is 0 Å². The van der Waals surface area contributed by atoms with Crippen LogP contribution in [0.3, 0.4) is 0 Å². The minimum Gasteiger partial charge on any atom is -0.469 e. The van der Waals surface area contributed by atoms with Gasteiger partial charge in [-0.1, -0.05) is 51.4 Å². The monoisotopic (exact) mass is 527 g/mol. The van der Waals surface area contributed by atoms with E-state index < -0.39 is 10.8 Å². The summed E-state index contributed by atoms with van der Waals surface area (Å²) in [4.78, 5) is 28.4. The fourth-order valence-electron chi connectivity index (χ4n) is 7.35. The Hall–Kier alpha value is -1.85. The van der Waals surface area contributed by atoms with Gasteiger partial charge in [-0.2, -0.15) is 0 Å². The standard InChI is InChI=1S/C31H42ClNO4/c1-20-23-16-33(30-13-12-29(17-30,18-30)26(35)36-7)25(34)15-31(23,19-37-28(20,5)6)22-9-8-21(24(32)14-22)10-11-27(2,3)4/h8-9,14,16,20H,10-13,15,17-19H2,1-7H3/t20?,29?,30?,31-/m1/s1. The smallest absolute Gasteiger partial charge is 0.311 e. The van der Waals surface area contributed by atoms with Gasteiger partial charge in [-0.25, -0.2) is 0 Å². The fourth-order valence-corrected chi connectivity index (χ4v) is 7.62. The average molecular weight is 528 g/mol. The van der Waals surface area contributed by atoms with Crippen LogP contribution in [0.4, 0.5) is 0 Å². The molecule has 0 N–H and O–H groups in total. The molecule has 3 saturated carbocycles. The Morgan fingerprint density at radius 1 is 1.22 bits per heavy atom. The summed E-state index contributed by atoms with van der Waals surface area (Å²) in [5.74, 6) is 0.0841. The first-order valence-corrected chi connectivity index (χ1v) is 14.1. The third kappa shape index (κ3) is 4.16. The molecule has 2 bridgehead atoms. The third-order valence-electron chi connectivity index (χ3n) is 10.0. The summed E-state index contributed by atoms with van der Waals surface area (Å²) in [5.41, 5.74) is 2.10. The first kappa shape index (κ1) is 26.7. The van der Waals surface area contributed by atoms with Crippen LogP contribution >= 0.6 is 11.6 Å². The van der Waals surface area contributed by atoms with Crippen molar-refractivity contribution in [3.05, 3.63) is 46.1 Å². The van der Waals surface area contributed by atoms with Crippen LogP contribution in [0.2, 0.25) is 5.02 Å². The number of methoxy groups -OCH3 is 1. The Bertz CT molecular complexity index is 1160. The first-order chi connectivity index (χ1) is 17.2. The van der Waals surface area contributed by atoms with E-state index in [4.69, 9.17) is 21.1 Å². The first-order valence-electron chi connectivity index (χ1n) is 13.7. The summed E-state index contributed by atoms with van der Waals surface area (Å²) in [6.45, 7) is 13.7. The molecule has 5 aliphatic rings. The number of aryl methyl sites for hydroxylation is 1. The molecular formula is C31H42ClNO4. The van der Waals surface area contributed by atoms with Crippen LogP contribution < -0.4 is 0 Å². The van der Waals surface area contributed by atoms with E-state index in [1.165, 1.54) is 12.7 Å². The number of fused-ring (bicyclic) bond motifs is 2. The van der Waals surface area contributed by atoms with Gasteiger partial charge in [-0.3, -0.25) is 9.59 Å². The highest BCUT2D eigenvalue weighted by molar-refractivity contribution is 6.31.